The zero-order valence-corrected chi connectivity index (χ0v) is 10.9. The Labute approximate surface area is 104 Å². The summed E-state index contributed by atoms with van der Waals surface area (Å²) in [5.74, 6) is -0.614. The fraction of sp³-hybridized carbons (Fsp3) is 0.533. The summed E-state index contributed by atoms with van der Waals surface area (Å²) in [5.41, 5.74) is 2.05. The summed E-state index contributed by atoms with van der Waals surface area (Å²) < 4.78 is 0. The molecule has 17 heavy (non-hydrogen) atoms. The predicted molar refractivity (Wildman–Crippen MR) is 70.2 cm³/mol. The van der Waals surface area contributed by atoms with E-state index in [2.05, 4.69) is 13.8 Å². The molecule has 2 unspecified atom stereocenters. The van der Waals surface area contributed by atoms with Gasteiger partial charge in [0.25, 0.3) is 0 Å². The van der Waals surface area contributed by atoms with Crippen molar-refractivity contribution in [3.8, 4) is 0 Å². The third-order valence-corrected chi connectivity index (χ3v) is 3.16. The second-order valence-electron chi connectivity index (χ2n) is 4.93. The van der Waals surface area contributed by atoms with Crippen LogP contribution < -0.4 is 0 Å². The Balaban J connectivity index is 2.82. The van der Waals surface area contributed by atoms with Gasteiger partial charge in [-0.15, -0.1) is 0 Å². The normalized spacial score (nSPS) is 14.3. The van der Waals surface area contributed by atoms with E-state index in [4.69, 9.17) is 0 Å². The van der Waals surface area contributed by atoms with Crippen LogP contribution in [0.3, 0.4) is 0 Å². The van der Waals surface area contributed by atoms with E-state index in [0.717, 1.165) is 30.4 Å². The van der Waals surface area contributed by atoms with Crippen molar-refractivity contribution < 1.29 is 9.90 Å². The second-order valence-corrected chi connectivity index (χ2v) is 4.93. The Bertz CT molecular complexity index is 371. The Morgan fingerprint density at radius 1 is 1.41 bits per heavy atom. The average molecular weight is 234 g/mol. The van der Waals surface area contributed by atoms with Crippen molar-refractivity contribution in [3.05, 3.63) is 35.4 Å². The van der Waals surface area contributed by atoms with Crippen LogP contribution in [0.15, 0.2) is 24.3 Å². The van der Waals surface area contributed by atoms with Gasteiger partial charge in [0.15, 0.2) is 0 Å². The minimum Gasteiger partial charge on any atom is -0.481 e. The summed E-state index contributed by atoms with van der Waals surface area (Å²) in [4.78, 5) is 11.4. The molecule has 0 amide bonds. The Morgan fingerprint density at radius 3 is 2.65 bits per heavy atom. The SMILES string of the molecule is CCCC(C)CC(C(=O)O)c1cccc(C)c1. The third-order valence-electron chi connectivity index (χ3n) is 3.16. The van der Waals surface area contributed by atoms with Gasteiger partial charge in [-0.25, -0.2) is 0 Å². The van der Waals surface area contributed by atoms with Crippen LogP contribution in [0.2, 0.25) is 0 Å². The van der Waals surface area contributed by atoms with E-state index in [1.54, 1.807) is 0 Å². The first kappa shape index (κ1) is 13.8. The summed E-state index contributed by atoms with van der Waals surface area (Å²) in [6, 6.07) is 7.84. The van der Waals surface area contributed by atoms with E-state index in [-0.39, 0.29) is 5.92 Å². The van der Waals surface area contributed by atoms with Crippen LogP contribution in [-0.2, 0) is 4.79 Å². The molecule has 0 radical (unpaired) electrons. The number of carboxylic acid groups (broad SMARTS) is 1. The number of rotatable bonds is 6. The Kier molecular flexibility index (Phi) is 5.20. The highest BCUT2D eigenvalue weighted by Gasteiger charge is 2.22. The van der Waals surface area contributed by atoms with E-state index in [1.807, 2.05) is 31.2 Å². The topological polar surface area (TPSA) is 37.3 Å². The number of hydrogen-bond donors (Lipinski definition) is 1. The van der Waals surface area contributed by atoms with E-state index in [9.17, 15) is 9.90 Å². The maximum absolute atomic E-state index is 11.4. The standard InChI is InChI=1S/C15H22O2/c1-4-6-11(2)10-14(15(16)17)13-8-5-7-12(3)9-13/h5,7-9,11,14H,4,6,10H2,1-3H3,(H,16,17). The quantitative estimate of drug-likeness (QED) is 0.808. The highest BCUT2D eigenvalue weighted by Crippen LogP contribution is 2.26. The molecule has 0 aromatic heterocycles. The van der Waals surface area contributed by atoms with Gasteiger partial charge in [-0.05, 0) is 24.8 Å². The zero-order chi connectivity index (χ0) is 12.8. The molecule has 2 heteroatoms. The molecule has 0 heterocycles. The number of benzene rings is 1. The molecule has 0 aliphatic heterocycles. The van der Waals surface area contributed by atoms with Crippen molar-refractivity contribution in [2.75, 3.05) is 0 Å². The van der Waals surface area contributed by atoms with Crippen molar-refractivity contribution in [2.45, 2.75) is 46.0 Å². The molecular formula is C15H22O2. The highest BCUT2D eigenvalue weighted by atomic mass is 16.4. The fourth-order valence-electron chi connectivity index (χ4n) is 2.28. The summed E-state index contributed by atoms with van der Waals surface area (Å²) in [5, 5.41) is 9.33. The van der Waals surface area contributed by atoms with Gasteiger partial charge in [0, 0.05) is 0 Å². The number of aliphatic carboxylic acids is 1. The molecular weight excluding hydrogens is 212 g/mol. The van der Waals surface area contributed by atoms with Crippen LogP contribution in [0.25, 0.3) is 0 Å². The summed E-state index contributed by atoms with van der Waals surface area (Å²) in [7, 11) is 0. The van der Waals surface area contributed by atoms with Gasteiger partial charge in [-0.1, -0.05) is 56.5 Å². The molecule has 1 aromatic carbocycles. The molecule has 1 aromatic rings. The lowest BCUT2D eigenvalue weighted by Crippen LogP contribution is -2.15. The monoisotopic (exact) mass is 234 g/mol. The summed E-state index contributed by atoms with van der Waals surface area (Å²) in [6.07, 6.45) is 2.93. The van der Waals surface area contributed by atoms with Crippen molar-refractivity contribution in [1.29, 1.82) is 0 Å². The first-order valence-corrected chi connectivity index (χ1v) is 6.34. The summed E-state index contributed by atoms with van der Waals surface area (Å²) >= 11 is 0. The van der Waals surface area contributed by atoms with Crippen molar-refractivity contribution in [2.24, 2.45) is 5.92 Å². The van der Waals surface area contributed by atoms with Crippen LogP contribution >= 0.6 is 0 Å². The van der Waals surface area contributed by atoms with E-state index >= 15 is 0 Å². The van der Waals surface area contributed by atoms with Crippen LogP contribution in [0.5, 0.6) is 0 Å². The lowest BCUT2D eigenvalue weighted by Gasteiger charge is -2.17. The summed E-state index contributed by atoms with van der Waals surface area (Å²) in [6.45, 7) is 6.27. The minimum absolute atomic E-state index is 0.364. The number of carbonyl (C=O) groups is 1. The molecule has 1 N–H and O–H groups in total. The van der Waals surface area contributed by atoms with Crippen molar-refractivity contribution >= 4 is 5.97 Å². The van der Waals surface area contributed by atoms with Gasteiger partial charge in [0.1, 0.15) is 0 Å². The molecule has 0 saturated carbocycles. The van der Waals surface area contributed by atoms with E-state index in [1.165, 1.54) is 0 Å². The largest absolute Gasteiger partial charge is 0.481 e. The highest BCUT2D eigenvalue weighted by molar-refractivity contribution is 5.76. The van der Waals surface area contributed by atoms with Gasteiger partial charge >= 0.3 is 5.97 Å². The lowest BCUT2D eigenvalue weighted by molar-refractivity contribution is -0.139. The van der Waals surface area contributed by atoms with E-state index < -0.39 is 5.97 Å². The first-order valence-electron chi connectivity index (χ1n) is 6.34. The van der Waals surface area contributed by atoms with Gasteiger partial charge < -0.3 is 5.11 Å². The fourth-order valence-corrected chi connectivity index (χ4v) is 2.28. The number of hydrogen-bond acceptors (Lipinski definition) is 1. The van der Waals surface area contributed by atoms with Gasteiger partial charge in [-0.2, -0.15) is 0 Å². The molecule has 0 saturated heterocycles. The van der Waals surface area contributed by atoms with Crippen LogP contribution in [-0.4, -0.2) is 11.1 Å². The number of aryl methyl sites for hydroxylation is 1. The molecule has 0 aliphatic rings. The Hall–Kier alpha value is -1.31. The minimum atomic E-state index is -0.710. The molecule has 1 rings (SSSR count). The van der Waals surface area contributed by atoms with Gasteiger partial charge in [0.2, 0.25) is 0 Å². The average Bonchev–Trinajstić information content (AvgIpc) is 2.26. The second kappa shape index (κ2) is 6.43. The maximum atomic E-state index is 11.4. The van der Waals surface area contributed by atoms with Crippen LogP contribution in [0.4, 0.5) is 0 Å². The van der Waals surface area contributed by atoms with Crippen LogP contribution in [0, 0.1) is 12.8 Å². The van der Waals surface area contributed by atoms with Crippen molar-refractivity contribution in [3.63, 3.8) is 0 Å². The maximum Gasteiger partial charge on any atom is 0.310 e. The third kappa shape index (κ3) is 4.22. The Morgan fingerprint density at radius 2 is 2.12 bits per heavy atom. The van der Waals surface area contributed by atoms with Gasteiger partial charge in [0.05, 0.1) is 5.92 Å². The molecule has 2 nitrogen and oxygen atoms in total. The van der Waals surface area contributed by atoms with Crippen molar-refractivity contribution in [1.82, 2.24) is 0 Å². The number of carboxylic acids is 1. The molecule has 2 atom stereocenters. The molecule has 0 aliphatic carbocycles. The molecule has 0 spiro atoms. The molecule has 0 bridgehead atoms. The smallest absolute Gasteiger partial charge is 0.310 e. The first-order chi connectivity index (χ1) is 8.04. The molecule has 0 fully saturated rings. The van der Waals surface area contributed by atoms with E-state index in [0.29, 0.717) is 5.92 Å². The zero-order valence-electron chi connectivity index (χ0n) is 10.9. The molecule has 94 valence electrons. The van der Waals surface area contributed by atoms with Gasteiger partial charge in [-0.3, -0.25) is 4.79 Å². The predicted octanol–water partition coefficient (Wildman–Crippen LogP) is 3.99. The lowest BCUT2D eigenvalue weighted by atomic mass is 9.87. The van der Waals surface area contributed by atoms with Crippen LogP contribution in [0.1, 0.15) is 50.2 Å².